The molecule has 5 heteroatoms. The third kappa shape index (κ3) is 2.90. The molecule has 1 aliphatic heterocycles. The molecule has 0 saturated heterocycles. The lowest BCUT2D eigenvalue weighted by molar-refractivity contribution is 0.171. The summed E-state index contributed by atoms with van der Waals surface area (Å²) in [6, 6.07) is 4.43. The van der Waals surface area contributed by atoms with Crippen molar-refractivity contribution in [2.75, 3.05) is 18.5 Å². The van der Waals surface area contributed by atoms with Crippen LogP contribution in [0.15, 0.2) is 12.1 Å². The van der Waals surface area contributed by atoms with Crippen LogP contribution in [-0.4, -0.2) is 25.3 Å². The van der Waals surface area contributed by atoms with Crippen LogP contribution in [0.4, 0.5) is 5.69 Å². The van der Waals surface area contributed by atoms with Gasteiger partial charge in [0.05, 0.1) is 10.7 Å². The maximum atomic E-state index is 6.29. The van der Waals surface area contributed by atoms with Crippen LogP contribution in [0.3, 0.4) is 0 Å². The minimum Gasteiger partial charge on any atom is -0.486 e. The number of hydrogen-bond donors (Lipinski definition) is 2. The number of nitrogens with two attached hydrogens (primary N) is 1. The minimum absolute atomic E-state index is 0.294. The van der Waals surface area contributed by atoms with E-state index in [1.807, 2.05) is 12.1 Å². The molecule has 1 fully saturated rings. The fourth-order valence-electron chi connectivity index (χ4n) is 2.75. The summed E-state index contributed by atoms with van der Waals surface area (Å²) in [5.41, 5.74) is 6.92. The molecule has 2 atom stereocenters. The predicted molar refractivity (Wildman–Crippen MR) is 76.3 cm³/mol. The molecule has 0 aromatic heterocycles. The molecule has 19 heavy (non-hydrogen) atoms. The van der Waals surface area contributed by atoms with E-state index in [2.05, 4.69) is 5.32 Å². The van der Waals surface area contributed by atoms with E-state index in [9.17, 15) is 0 Å². The van der Waals surface area contributed by atoms with E-state index in [1.54, 1.807) is 0 Å². The third-order valence-corrected chi connectivity index (χ3v) is 4.02. The molecule has 0 amide bonds. The summed E-state index contributed by atoms with van der Waals surface area (Å²) in [6.07, 6.45) is 4.41. The van der Waals surface area contributed by atoms with Crippen LogP contribution >= 0.6 is 11.6 Å². The van der Waals surface area contributed by atoms with Gasteiger partial charge in [0, 0.05) is 24.2 Å². The van der Waals surface area contributed by atoms with Gasteiger partial charge in [-0.25, -0.2) is 0 Å². The predicted octanol–water partition coefficient (Wildman–Crippen LogP) is 2.79. The van der Waals surface area contributed by atoms with Crippen LogP contribution in [0.2, 0.25) is 5.02 Å². The van der Waals surface area contributed by atoms with Crippen molar-refractivity contribution in [3.8, 4) is 11.5 Å². The van der Waals surface area contributed by atoms with Gasteiger partial charge >= 0.3 is 0 Å². The Morgan fingerprint density at radius 1 is 1.16 bits per heavy atom. The minimum atomic E-state index is 0.294. The zero-order chi connectivity index (χ0) is 13.2. The van der Waals surface area contributed by atoms with Crippen molar-refractivity contribution in [1.82, 2.24) is 0 Å². The maximum Gasteiger partial charge on any atom is 0.163 e. The van der Waals surface area contributed by atoms with E-state index in [4.69, 9.17) is 26.8 Å². The summed E-state index contributed by atoms with van der Waals surface area (Å²) < 4.78 is 11.1. The standard InChI is InChI=1S/C14H19ClN2O2/c15-11-7-13-14(19-5-4-18-13)8-12(11)17-10-3-1-2-9(16)6-10/h7-10,17H,1-6,16H2. The molecule has 104 valence electrons. The zero-order valence-electron chi connectivity index (χ0n) is 10.8. The number of ether oxygens (including phenoxy) is 2. The average Bonchev–Trinajstić information content (AvgIpc) is 2.40. The summed E-state index contributed by atoms with van der Waals surface area (Å²) in [5.74, 6) is 1.49. The third-order valence-electron chi connectivity index (χ3n) is 3.71. The molecular formula is C14H19ClN2O2. The SMILES string of the molecule is NC1CCCC(Nc2cc3c(cc2Cl)OCCO3)C1. The number of fused-ring (bicyclic) bond motifs is 1. The topological polar surface area (TPSA) is 56.5 Å². The van der Waals surface area contributed by atoms with Crippen LogP contribution < -0.4 is 20.5 Å². The fraction of sp³-hybridized carbons (Fsp3) is 0.571. The van der Waals surface area contributed by atoms with Crippen LogP contribution in [0.25, 0.3) is 0 Å². The second-order valence-electron chi connectivity index (χ2n) is 5.24. The monoisotopic (exact) mass is 282 g/mol. The van der Waals surface area contributed by atoms with Crippen LogP contribution in [0, 0.1) is 0 Å². The summed E-state index contributed by atoms with van der Waals surface area (Å²) in [5, 5.41) is 4.15. The lowest BCUT2D eigenvalue weighted by atomic mass is 9.91. The lowest BCUT2D eigenvalue weighted by Crippen LogP contribution is -2.35. The summed E-state index contributed by atoms with van der Waals surface area (Å²) >= 11 is 6.29. The quantitative estimate of drug-likeness (QED) is 0.876. The van der Waals surface area contributed by atoms with Gasteiger partial charge in [-0.05, 0) is 25.7 Å². The smallest absolute Gasteiger partial charge is 0.163 e. The van der Waals surface area contributed by atoms with Gasteiger partial charge in [-0.2, -0.15) is 0 Å². The highest BCUT2D eigenvalue weighted by Gasteiger charge is 2.21. The van der Waals surface area contributed by atoms with Crippen LogP contribution in [0.5, 0.6) is 11.5 Å². The molecule has 1 heterocycles. The van der Waals surface area contributed by atoms with Gasteiger partial charge in [-0.3, -0.25) is 0 Å². The average molecular weight is 283 g/mol. The Morgan fingerprint density at radius 3 is 2.63 bits per heavy atom. The van der Waals surface area contributed by atoms with Crippen molar-refractivity contribution in [3.63, 3.8) is 0 Å². The number of benzene rings is 1. The van der Waals surface area contributed by atoms with E-state index < -0.39 is 0 Å². The molecule has 1 aromatic rings. The van der Waals surface area contributed by atoms with Gasteiger partial charge in [0.25, 0.3) is 0 Å². The highest BCUT2D eigenvalue weighted by Crippen LogP contribution is 2.38. The Morgan fingerprint density at radius 2 is 1.89 bits per heavy atom. The van der Waals surface area contributed by atoms with Crippen LogP contribution in [-0.2, 0) is 0 Å². The molecule has 0 bridgehead atoms. The first kappa shape index (κ1) is 12.9. The molecule has 2 aliphatic rings. The van der Waals surface area contributed by atoms with Crippen molar-refractivity contribution >= 4 is 17.3 Å². The number of rotatable bonds is 2. The Hall–Kier alpha value is -1.13. The Balaban J connectivity index is 1.76. The molecule has 2 unspecified atom stereocenters. The Labute approximate surface area is 118 Å². The highest BCUT2D eigenvalue weighted by atomic mass is 35.5. The summed E-state index contributed by atoms with van der Waals surface area (Å²) in [4.78, 5) is 0. The van der Waals surface area contributed by atoms with Crippen molar-refractivity contribution in [2.24, 2.45) is 5.73 Å². The van der Waals surface area contributed by atoms with Crippen molar-refractivity contribution < 1.29 is 9.47 Å². The maximum absolute atomic E-state index is 6.29. The molecular weight excluding hydrogens is 264 g/mol. The first-order valence-corrected chi connectivity index (χ1v) is 7.21. The Bertz CT molecular complexity index is 467. The lowest BCUT2D eigenvalue weighted by Gasteiger charge is -2.29. The van der Waals surface area contributed by atoms with E-state index in [1.165, 1.54) is 6.42 Å². The number of nitrogens with one attached hydrogen (secondary N) is 1. The number of halogens is 1. The van der Waals surface area contributed by atoms with E-state index in [0.29, 0.717) is 30.3 Å². The van der Waals surface area contributed by atoms with Gasteiger partial charge in [0.15, 0.2) is 11.5 Å². The van der Waals surface area contributed by atoms with E-state index >= 15 is 0 Å². The summed E-state index contributed by atoms with van der Waals surface area (Å²) in [7, 11) is 0. The molecule has 3 N–H and O–H groups in total. The van der Waals surface area contributed by atoms with E-state index in [0.717, 1.165) is 36.4 Å². The second-order valence-corrected chi connectivity index (χ2v) is 5.65. The first-order chi connectivity index (χ1) is 9.22. The highest BCUT2D eigenvalue weighted by molar-refractivity contribution is 6.33. The van der Waals surface area contributed by atoms with Gasteiger partial charge in [-0.1, -0.05) is 11.6 Å². The first-order valence-electron chi connectivity index (χ1n) is 6.83. The van der Waals surface area contributed by atoms with Crippen molar-refractivity contribution in [3.05, 3.63) is 17.2 Å². The zero-order valence-corrected chi connectivity index (χ0v) is 11.6. The van der Waals surface area contributed by atoms with Gasteiger partial charge in [-0.15, -0.1) is 0 Å². The normalized spacial score (nSPS) is 26.0. The van der Waals surface area contributed by atoms with Gasteiger partial charge < -0.3 is 20.5 Å². The second kappa shape index (κ2) is 5.47. The van der Waals surface area contributed by atoms with E-state index in [-0.39, 0.29) is 0 Å². The molecule has 0 spiro atoms. The largest absolute Gasteiger partial charge is 0.486 e. The number of anilines is 1. The summed E-state index contributed by atoms with van der Waals surface area (Å²) in [6.45, 7) is 1.16. The fourth-order valence-corrected chi connectivity index (χ4v) is 2.96. The number of hydrogen-bond acceptors (Lipinski definition) is 4. The Kier molecular flexibility index (Phi) is 3.71. The molecule has 1 aromatic carbocycles. The molecule has 1 saturated carbocycles. The molecule has 3 rings (SSSR count). The molecule has 4 nitrogen and oxygen atoms in total. The van der Waals surface area contributed by atoms with Gasteiger partial charge in [0.2, 0.25) is 0 Å². The van der Waals surface area contributed by atoms with Crippen LogP contribution in [0.1, 0.15) is 25.7 Å². The molecule has 1 aliphatic carbocycles. The van der Waals surface area contributed by atoms with Gasteiger partial charge in [0.1, 0.15) is 13.2 Å². The van der Waals surface area contributed by atoms with Crippen molar-refractivity contribution in [2.45, 2.75) is 37.8 Å². The van der Waals surface area contributed by atoms with Crippen molar-refractivity contribution in [1.29, 1.82) is 0 Å². The molecule has 0 radical (unpaired) electrons.